The number of aryl methyl sites for hydroxylation is 3. The molecule has 0 fully saturated rings. The molecule has 0 aliphatic rings. The van der Waals surface area contributed by atoms with Crippen molar-refractivity contribution < 1.29 is 0 Å². The van der Waals surface area contributed by atoms with Crippen LogP contribution >= 0.6 is 0 Å². The van der Waals surface area contributed by atoms with Crippen LogP contribution in [-0.2, 0) is 0 Å². The highest BCUT2D eigenvalue weighted by molar-refractivity contribution is 5.67. The average molecular weight is 236 g/mol. The molecule has 0 atom stereocenters. The van der Waals surface area contributed by atoms with E-state index in [1.54, 1.807) is 0 Å². The first kappa shape index (κ1) is 11.0. The molecule has 2 aromatic heterocycles. The van der Waals surface area contributed by atoms with Crippen LogP contribution in [0.3, 0.4) is 0 Å². The van der Waals surface area contributed by atoms with E-state index in [-0.39, 0.29) is 0 Å². The van der Waals surface area contributed by atoms with Gasteiger partial charge in [-0.3, -0.25) is 0 Å². The Hall–Kier alpha value is -2.09. The van der Waals surface area contributed by atoms with Crippen LogP contribution < -0.4 is 0 Å². The summed E-state index contributed by atoms with van der Waals surface area (Å²) in [7, 11) is 0. The summed E-state index contributed by atoms with van der Waals surface area (Å²) in [5.41, 5.74) is 7.04. The van der Waals surface area contributed by atoms with Gasteiger partial charge in [-0.1, -0.05) is 17.7 Å². The molecule has 3 rings (SSSR count). The van der Waals surface area contributed by atoms with Crippen LogP contribution in [0.1, 0.15) is 16.7 Å². The first-order valence-electron chi connectivity index (χ1n) is 6.16. The lowest BCUT2D eigenvalue weighted by Gasteiger charge is -2.03. The highest BCUT2D eigenvalue weighted by atomic mass is 15.0. The predicted molar refractivity (Wildman–Crippen MR) is 74.8 cm³/mol. The zero-order valence-corrected chi connectivity index (χ0v) is 10.9. The molecule has 1 aromatic carbocycles. The molecule has 0 bridgehead atoms. The lowest BCUT2D eigenvalue weighted by molar-refractivity contribution is 1.17. The topological polar surface area (TPSA) is 17.3 Å². The second-order valence-electron chi connectivity index (χ2n) is 4.91. The van der Waals surface area contributed by atoms with Crippen LogP contribution in [0.4, 0.5) is 0 Å². The van der Waals surface area contributed by atoms with Crippen molar-refractivity contribution >= 4 is 5.65 Å². The monoisotopic (exact) mass is 236 g/mol. The van der Waals surface area contributed by atoms with Crippen molar-refractivity contribution in [2.75, 3.05) is 0 Å². The minimum absolute atomic E-state index is 1.01. The van der Waals surface area contributed by atoms with Crippen LogP contribution in [0.2, 0.25) is 0 Å². The fourth-order valence-corrected chi connectivity index (χ4v) is 2.23. The largest absolute Gasteiger partial charge is 0.306 e. The summed E-state index contributed by atoms with van der Waals surface area (Å²) in [6.07, 6.45) is 4.16. The first-order chi connectivity index (χ1) is 8.63. The van der Waals surface area contributed by atoms with E-state index in [0.717, 1.165) is 11.3 Å². The summed E-state index contributed by atoms with van der Waals surface area (Å²) < 4.78 is 2.07. The quantitative estimate of drug-likeness (QED) is 0.626. The Kier molecular flexibility index (Phi) is 2.44. The zero-order valence-electron chi connectivity index (χ0n) is 10.9. The molecule has 0 N–H and O–H groups in total. The normalized spacial score (nSPS) is 11.1. The Morgan fingerprint density at radius 3 is 2.56 bits per heavy atom. The number of imidazole rings is 1. The third-order valence-electron chi connectivity index (χ3n) is 3.28. The van der Waals surface area contributed by atoms with Crippen molar-refractivity contribution in [1.29, 1.82) is 0 Å². The molecule has 90 valence electrons. The molecule has 2 heterocycles. The fourth-order valence-electron chi connectivity index (χ4n) is 2.23. The standard InChI is InChI=1S/C16H16N2/c1-11-4-5-13(3)14(8-11)15-10-18-7-6-12(2)9-16(18)17-15/h4-10H,1-3H3. The summed E-state index contributed by atoms with van der Waals surface area (Å²) in [4.78, 5) is 4.71. The fraction of sp³-hybridized carbons (Fsp3) is 0.188. The van der Waals surface area contributed by atoms with Crippen LogP contribution in [0, 0.1) is 20.8 Å². The van der Waals surface area contributed by atoms with Crippen molar-refractivity contribution in [2.24, 2.45) is 0 Å². The summed E-state index contributed by atoms with van der Waals surface area (Å²) in [5.74, 6) is 0. The van der Waals surface area contributed by atoms with Gasteiger partial charge in [0, 0.05) is 18.0 Å². The van der Waals surface area contributed by atoms with Crippen LogP contribution in [0.25, 0.3) is 16.9 Å². The number of nitrogens with zero attached hydrogens (tertiary/aromatic N) is 2. The van der Waals surface area contributed by atoms with Crippen LogP contribution in [-0.4, -0.2) is 9.38 Å². The van der Waals surface area contributed by atoms with Gasteiger partial charge in [0.15, 0.2) is 0 Å². The molecule has 0 aliphatic carbocycles. The van der Waals surface area contributed by atoms with E-state index < -0.39 is 0 Å². The van der Waals surface area contributed by atoms with E-state index in [2.05, 4.69) is 67.9 Å². The molecule has 0 spiro atoms. The first-order valence-corrected chi connectivity index (χ1v) is 6.16. The molecule has 3 aromatic rings. The van der Waals surface area contributed by atoms with E-state index in [1.165, 1.54) is 22.3 Å². The van der Waals surface area contributed by atoms with Gasteiger partial charge in [0.05, 0.1) is 5.69 Å². The molecule has 0 unspecified atom stereocenters. The van der Waals surface area contributed by atoms with E-state index >= 15 is 0 Å². The van der Waals surface area contributed by atoms with Crippen molar-refractivity contribution in [3.63, 3.8) is 0 Å². The van der Waals surface area contributed by atoms with Gasteiger partial charge in [-0.05, 0) is 50.1 Å². The van der Waals surface area contributed by atoms with Crippen molar-refractivity contribution in [3.8, 4) is 11.3 Å². The third kappa shape index (κ3) is 1.80. The smallest absolute Gasteiger partial charge is 0.137 e. The van der Waals surface area contributed by atoms with Gasteiger partial charge in [0.1, 0.15) is 5.65 Å². The van der Waals surface area contributed by atoms with Gasteiger partial charge in [-0.25, -0.2) is 4.98 Å². The lowest BCUT2D eigenvalue weighted by Crippen LogP contribution is -1.84. The number of hydrogen-bond acceptors (Lipinski definition) is 1. The van der Waals surface area contributed by atoms with E-state index in [4.69, 9.17) is 4.98 Å². The van der Waals surface area contributed by atoms with Crippen molar-refractivity contribution in [3.05, 3.63) is 59.4 Å². The van der Waals surface area contributed by atoms with E-state index in [1.807, 2.05) is 0 Å². The van der Waals surface area contributed by atoms with Gasteiger partial charge < -0.3 is 4.40 Å². The molecule has 0 aliphatic heterocycles. The maximum Gasteiger partial charge on any atom is 0.137 e. The minimum atomic E-state index is 1.01. The molecule has 0 amide bonds. The Bertz CT molecular complexity index is 723. The highest BCUT2D eigenvalue weighted by Gasteiger charge is 2.07. The summed E-state index contributed by atoms with van der Waals surface area (Å²) >= 11 is 0. The van der Waals surface area contributed by atoms with Gasteiger partial charge in [0.2, 0.25) is 0 Å². The number of aromatic nitrogens is 2. The summed E-state index contributed by atoms with van der Waals surface area (Å²) in [5, 5.41) is 0. The molecule has 0 radical (unpaired) electrons. The van der Waals surface area contributed by atoms with Crippen LogP contribution in [0.5, 0.6) is 0 Å². The number of hydrogen-bond donors (Lipinski definition) is 0. The third-order valence-corrected chi connectivity index (χ3v) is 3.28. The predicted octanol–water partition coefficient (Wildman–Crippen LogP) is 3.93. The molecule has 0 saturated heterocycles. The molecule has 0 saturated carbocycles. The second-order valence-corrected chi connectivity index (χ2v) is 4.91. The molecular formula is C16H16N2. The maximum atomic E-state index is 4.71. The van der Waals surface area contributed by atoms with Gasteiger partial charge in [-0.15, -0.1) is 0 Å². The summed E-state index contributed by atoms with van der Waals surface area (Å²) in [6.45, 7) is 6.33. The molecule has 2 nitrogen and oxygen atoms in total. The average Bonchev–Trinajstić information content (AvgIpc) is 2.74. The maximum absolute atomic E-state index is 4.71. The molecular weight excluding hydrogens is 220 g/mol. The number of benzene rings is 1. The Labute approximate surface area is 107 Å². The van der Waals surface area contributed by atoms with Crippen molar-refractivity contribution in [1.82, 2.24) is 9.38 Å². The Morgan fingerprint density at radius 1 is 0.944 bits per heavy atom. The van der Waals surface area contributed by atoms with E-state index in [0.29, 0.717) is 0 Å². The van der Waals surface area contributed by atoms with Crippen molar-refractivity contribution in [2.45, 2.75) is 20.8 Å². The zero-order chi connectivity index (χ0) is 12.7. The highest BCUT2D eigenvalue weighted by Crippen LogP contribution is 2.24. The molecule has 2 heteroatoms. The Balaban J connectivity index is 2.22. The van der Waals surface area contributed by atoms with E-state index in [9.17, 15) is 0 Å². The molecule has 18 heavy (non-hydrogen) atoms. The van der Waals surface area contributed by atoms with Gasteiger partial charge >= 0.3 is 0 Å². The SMILES string of the molecule is Cc1ccc(C)c(-c2cn3ccc(C)cc3n2)c1. The van der Waals surface area contributed by atoms with Gasteiger partial charge in [-0.2, -0.15) is 0 Å². The Morgan fingerprint density at radius 2 is 1.72 bits per heavy atom. The minimum Gasteiger partial charge on any atom is -0.306 e. The number of rotatable bonds is 1. The number of fused-ring (bicyclic) bond motifs is 1. The van der Waals surface area contributed by atoms with Gasteiger partial charge in [0.25, 0.3) is 0 Å². The second kappa shape index (κ2) is 3.98. The number of pyridine rings is 1. The van der Waals surface area contributed by atoms with Crippen LogP contribution in [0.15, 0.2) is 42.7 Å². The lowest BCUT2D eigenvalue weighted by atomic mass is 10.0. The summed E-state index contributed by atoms with van der Waals surface area (Å²) in [6, 6.07) is 10.7.